The normalized spacial score (nSPS) is 11.8. The number of hydrogen-bond donors (Lipinski definition) is 0. The van der Waals surface area contributed by atoms with Crippen molar-refractivity contribution in [3.63, 3.8) is 0 Å². The quantitative estimate of drug-likeness (QED) is 0.803. The van der Waals surface area contributed by atoms with Crippen molar-refractivity contribution in [2.45, 2.75) is 53.1 Å². The average Bonchev–Trinajstić information content (AvgIpc) is 2.48. The first-order chi connectivity index (χ1) is 9.51. The molecule has 0 fully saturated rings. The van der Waals surface area contributed by atoms with Gasteiger partial charge in [-0.25, -0.2) is 4.79 Å². The summed E-state index contributed by atoms with van der Waals surface area (Å²) in [6, 6.07) is 5.52. The molecule has 0 saturated carbocycles. The summed E-state index contributed by atoms with van der Waals surface area (Å²) >= 11 is 0. The SMILES string of the molecule is CCC(=O)OC(C)CC.CCc1cc2ccc1oc2=O. The van der Waals surface area contributed by atoms with Crippen molar-refractivity contribution in [3.05, 3.63) is 34.2 Å². The molecule has 2 heterocycles. The van der Waals surface area contributed by atoms with Gasteiger partial charge in [-0.2, -0.15) is 0 Å². The molecule has 0 saturated heterocycles. The van der Waals surface area contributed by atoms with Crippen LogP contribution in [0.3, 0.4) is 0 Å². The van der Waals surface area contributed by atoms with Crippen LogP contribution in [-0.2, 0) is 16.0 Å². The Hall–Kier alpha value is -1.84. The second kappa shape index (κ2) is 7.68. The smallest absolute Gasteiger partial charge is 0.343 e. The summed E-state index contributed by atoms with van der Waals surface area (Å²) in [6.07, 6.45) is 2.37. The number of carbonyl (C=O) groups excluding carboxylic acids is 1. The minimum Gasteiger partial charge on any atom is -0.463 e. The fraction of sp³-hybridized carbons (Fsp3) is 0.500. The van der Waals surface area contributed by atoms with Gasteiger partial charge in [0.25, 0.3) is 0 Å². The van der Waals surface area contributed by atoms with Crippen LogP contribution in [0.15, 0.2) is 27.4 Å². The molecule has 1 unspecified atom stereocenters. The van der Waals surface area contributed by atoms with Gasteiger partial charge in [0.2, 0.25) is 0 Å². The van der Waals surface area contributed by atoms with Gasteiger partial charge in [-0.05, 0) is 43.5 Å². The van der Waals surface area contributed by atoms with Crippen molar-refractivity contribution in [1.82, 2.24) is 0 Å². The number of benzene rings is 1. The highest BCUT2D eigenvalue weighted by Gasteiger charge is 2.04. The lowest BCUT2D eigenvalue weighted by atomic mass is 10.1. The zero-order valence-electron chi connectivity index (χ0n) is 12.6. The van der Waals surface area contributed by atoms with E-state index in [-0.39, 0.29) is 17.7 Å². The van der Waals surface area contributed by atoms with Gasteiger partial charge in [-0.1, -0.05) is 20.8 Å². The van der Waals surface area contributed by atoms with Gasteiger partial charge >= 0.3 is 11.6 Å². The highest BCUT2D eigenvalue weighted by Crippen LogP contribution is 2.14. The van der Waals surface area contributed by atoms with E-state index in [0.29, 0.717) is 17.4 Å². The molecule has 1 aromatic carbocycles. The van der Waals surface area contributed by atoms with Gasteiger partial charge < -0.3 is 9.15 Å². The zero-order valence-corrected chi connectivity index (χ0v) is 12.6. The van der Waals surface area contributed by atoms with Crippen LogP contribution in [0.5, 0.6) is 0 Å². The van der Waals surface area contributed by atoms with Crippen LogP contribution >= 0.6 is 0 Å². The van der Waals surface area contributed by atoms with Gasteiger partial charge in [0.15, 0.2) is 0 Å². The topological polar surface area (TPSA) is 56.5 Å². The minimum atomic E-state index is -0.222. The Balaban J connectivity index is 0.000000206. The fourth-order valence-corrected chi connectivity index (χ4v) is 1.63. The third kappa shape index (κ3) is 4.37. The Morgan fingerprint density at radius 2 is 2.00 bits per heavy atom. The molecule has 2 aromatic heterocycles. The zero-order chi connectivity index (χ0) is 15.1. The summed E-state index contributed by atoms with van der Waals surface area (Å²) in [4.78, 5) is 21.5. The van der Waals surface area contributed by atoms with Crippen LogP contribution in [0, 0.1) is 0 Å². The van der Waals surface area contributed by atoms with Crippen LogP contribution in [0.4, 0.5) is 0 Å². The number of rotatable bonds is 4. The van der Waals surface area contributed by atoms with E-state index in [1.54, 1.807) is 13.0 Å². The molecule has 4 nitrogen and oxygen atoms in total. The summed E-state index contributed by atoms with van der Waals surface area (Å²) in [7, 11) is 0. The summed E-state index contributed by atoms with van der Waals surface area (Å²) in [5.74, 6) is -0.107. The standard InChI is InChI=1S/C9H8O2.C7H14O2/c1-2-6-5-7-3-4-8(6)11-9(7)10;1-4-6(3)9-7(8)5-2/h3-5H,2H2,1H3;6H,4-5H2,1-3H3. The first kappa shape index (κ1) is 16.2. The van der Waals surface area contributed by atoms with Crippen LogP contribution in [0.2, 0.25) is 0 Å². The van der Waals surface area contributed by atoms with Gasteiger partial charge in [0.05, 0.1) is 11.5 Å². The summed E-state index contributed by atoms with van der Waals surface area (Å²) in [5.41, 5.74) is 1.61. The Morgan fingerprint density at radius 1 is 1.30 bits per heavy atom. The Morgan fingerprint density at radius 3 is 2.40 bits per heavy atom. The molecule has 0 radical (unpaired) electrons. The monoisotopic (exact) mass is 278 g/mol. The second-order valence-corrected chi connectivity index (χ2v) is 4.63. The summed E-state index contributed by atoms with van der Waals surface area (Å²) in [5, 5.41) is 0.664. The van der Waals surface area contributed by atoms with E-state index >= 15 is 0 Å². The average molecular weight is 278 g/mol. The largest absolute Gasteiger partial charge is 0.463 e. The van der Waals surface area contributed by atoms with E-state index in [9.17, 15) is 9.59 Å². The van der Waals surface area contributed by atoms with E-state index in [0.717, 1.165) is 18.4 Å². The molecule has 0 amide bonds. The number of hydrogen-bond acceptors (Lipinski definition) is 4. The van der Waals surface area contributed by atoms with Crippen molar-refractivity contribution < 1.29 is 13.9 Å². The molecule has 0 spiro atoms. The maximum atomic E-state index is 10.9. The molecule has 2 bridgehead atoms. The van der Waals surface area contributed by atoms with Crippen molar-refractivity contribution in [1.29, 1.82) is 0 Å². The first-order valence-electron chi connectivity index (χ1n) is 7.06. The molecule has 0 aliphatic carbocycles. The summed E-state index contributed by atoms with van der Waals surface area (Å²) < 4.78 is 9.88. The predicted molar refractivity (Wildman–Crippen MR) is 79.2 cm³/mol. The highest BCUT2D eigenvalue weighted by molar-refractivity contribution is 5.69. The van der Waals surface area contributed by atoms with Crippen LogP contribution < -0.4 is 5.63 Å². The molecule has 0 aliphatic heterocycles. The lowest BCUT2D eigenvalue weighted by molar-refractivity contribution is -0.147. The lowest BCUT2D eigenvalue weighted by Gasteiger charge is -2.08. The summed E-state index contributed by atoms with van der Waals surface area (Å²) in [6.45, 7) is 7.73. The molecule has 110 valence electrons. The van der Waals surface area contributed by atoms with E-state index in [4.69, 9.17) is 9.15 Å². The number of fused-ring (bicyclic) bond motifs is 3. The fourth-order valence-electron chi connectivity index (χ4n) is 1.63. The van der Waals surface area contributed by atoms with Crippen molar-refractivity contribution in [2.75, 3.05) is 0 Å². The maximum Gasteiger partial charge on any atom is 0.343 e. The molecule has 0 N–H and O–H groups in total. The van der Waals surface area contributed by atoms with E-state index in [1.807, 2.05) is 32.9 Å². The van der Waals surface area contributed by atoms with Crippen molar-refractivity contribution in [3.8, 4) is 0 Å². The second-order valence-electron chi connectivity index (χ2n) is 4.63. The molecule has 0 aliphatic rings. The third-order valence-corrected chi connectivity index (χ3v) is 3.08. The van der Waals surface area contributed by atoms with Gasteiger partial charge in [-0.3, -0.25) is 4.79 Å². The minimum absolute atomic E-state index is 0.0810. The molecular formula is C16H22O4. The van der Waals surface area contributed by atoms with Gasteiger partial charge in [-0.15, -0.1) is 0 Å². The number of esters is 1. The van der Waals surface area contributed by atoms with E-state index in [1.165, 1.54) is 0 Å². The van der Waals surface area contributed by atoms with Crippen LogP contribution in [-0.4, -0.2) is 12.1 Å². The van der Waals surface area contributed by atoms with Crippen LogP contribution in [0.1, 0.15) is 46.1 Å². The van der Waals surface area contributed by atoms with Crippen molar-refractivity contribution >= 4 is 16.9 Å². The predicted octanol–water partition coefficient (Wildman–Crippen LogP) is 3.53. The third-order valence-electron chi connectivity index (χ3n) is 3.08. The number of ether oxygens (including phenoxy) is 1. The first-order valence-corrected chi connectivity index (χ1v) is 7.06. The number of carbonyl (C=O) groups is 1. The van der Waals surface area contributed by atoms with E-state index in [2.05, 4.69) is 0 Å². The molecule has 3 rings (SSSR count). The molecule has 3 aromatic rings. The van der Waals surface area contributed by atoms with E-state index < -0.39 is 0 Å². The highest BCUT2D eigenvalue weighted by atomic mass is 16.5. The number of aryl methyl sites for hydroxylation is 1. The van der Waals surface area contributed by atoms with Crippen molar-refractivity contribution in [2.24, 2.45) is 0 Å². The molecule has 1 atom stereocenters. The molecule has 20 heavy (non-hydrogen) atoms. The Labute approximate surface area is 119 Å². The molecule has 4 heteroatoms. The lowest BCUT2D eigenvalue weighted by Crippen LogP contribution is -2.12. The van der Waals surface area contributed by atoms with Crippen LogP contribution in [0.25, 0.3) is 11.0 Å². The Bertz CT molecular complexity index is 585. The maximum absolute atomic E-state index is 10.9. The molecular weight excluding hydrogens is 256 g/mol. The van der Waals surface area contributed by atoms with Gasteiger partial charge in [0.1, 0.15) is 5.58 Å². The van der Waals surface area contributed by atoms with Gasteiger partial charge in [0, 0.05) is 6.42 Å². The Kier molecular flexibility index (Phi) is 6.22.